The first-order valence-electron chi connectivity index (χ1n) is 8.43. The van der Waals surface area contributed by atoms with Gasteiger partial charge in [-0.3, -0.25) is 5.32 Å². The molecule has 1 aromatic heterocycles. The number of nitrogens with zero attached hydrogens (tertiary/aromatic N) is 1. The molecule has 0 atom stereocenters. The summed E-state index contributed by atoms with van der Waals surface area (Å²) in [4.78, 5) is 4.42. The van der Waals surface area contributed by atoms with Crippen molar-refractivity contribution in [2.24, 2.45) is 0 Å². The third-order valence-corrected chi connectivity index (χ3v) is 4.87. The molecule has 0 unspecified atom stereocenters. The van der Waals surface area contributed by atoms with E-state index in [-0.39, 0.29) is 11.0 Å². The fourth-order valence-corrected chi connectivity index (χ4v) is 3.17. The maximum atomic E-state index is 6.04. The number of ether oxygens (including phenoxy) is 1. The predicted octanol–water partition coefficient (Wildman–Crippen LogP) is 4.42. The van der Waals surface area contributed by atoms with Crippen molar-refractivity contribution in [2.45, 2.75) is 51.1 Å². The van der Waals surface area contributed by atoms with Gasteiger partial charge in [-0.2, -0.15) is 0 Å². The lowest BCUT2D eigenvalue weighted by atomic mass is 9.82. The van der Waals surface area contributed by atoms with Crippen molar-refractivity contribution in [2.75, 3.05) is 13.2 Å². The smallest absolute Gasteiger partial charge is 0.208 e. The van der Waals surface area contributed by atoms with E-state index in [0.717, 1.165) is 42.7 Å². The van der Waals surface area contributed by atoms with Gasteiger partial charge in [-0.15, -0.1) is 0 Å². The molecular formula is C19H25ClN2O2. The Balaban J connectivity index is 1.78. The van der Waals surface area contributed by atoms with E-state index < -0.39 is 0 Å². The molecule has 5 heteroatoms. The summed E-state index contributed by atoms with van der Waals surface area (Å²) in [5, 5.41) is 4.43. The van der Waals surface area contributed by atoms with Gasteiger partial charge in [0.15, 0.2) is 0 Å². The number of halogens is 1. The molecule has 4 nitrogen and oxygen atoms in total. The molecule has 0 bridgehead atoms. The van der Waals surface area contributed by atoms with Crippen LogP contribution in [0.25, 0.3) is 0 Å². The first kappa shape index (κ1) is 17.5. The standard InChI is InChI=1S/C19H25ClN2O2/c1-18(2,3)16-12-21-17(24-16)13-22-19(8-10-23-11-9-19)14-4-6-15(20)7-5-14/h4-7,12,22H,8-11,13H2,1-3H3. The van der Waals surface area contributed by atoms with E-state index in [4.69, 9.17) is 20.8 Å². The lowest BCUT2D eigenvalue weighted by Crippen LogP contribution is -2.46. The van der Waals surface area contributed by atoms with Gasteiger partial charge >= 0.3 is 0 Å². The van der Waals surface area contributed by atoms with Crippen molar-refractivity contribution in [3.63, 3.8) is 0 Å². The minimum Gasteiger partial charge on any atom is -0.444 e. The minimum absolute atomic E-state index is 0.0300. The van der Waals surface area contributed by atoms with Crippen molar-refractivity contribution in [1.29, 1.82) is 0 Å². The minimum atomic E-state index is -0.126. The topological polar surface area (TPSA) is 47.3 Å². The summed E-state index contributed by atoms with van der Waals surface area (Å²) in [5.74, 6) is 1.63. The van der Waals surface area contributed by atoms with Crippen molar-refractivity contribution < 1.29 is 9.15 Å². The van der Waals surface area contributed by atoms with E-state index in [1.54, 1.807) is 0 Å². The van der Waals surface area contributed by atoms with Crippen LogP contribution >= 0.6 is 11.6 Å². The zero-order chi connectivity index (χ0) is 17.2. The summed E-state index contributed by atoms with van der Waals surface area (Å²) < 4.78 is 11.5. The number of hydrogen-bond acceptors (Lipinski definition) is 4. The van der Waals surface area contributed by atoms with E-state index in [9.17, 15) is 0 Å². The van der Waals surface area contributed by atoms with Crippen molar-refractivity contribution in [3.05, 3.63) is 52.7 Å². The van der Waals surface area contributed by atoms with Gasteiger partial charge in [-0.05, 0) is 30.5 Å². The molecule has 1 N–H and O–H groups in total. The highest BCUT2D eigenvalue weighted by atomic mass is 35.5. The maximum absolute atomic E-state index is 6.04. The molecule has 1 aliphatic rings. The van der Waals surface area contributed by atoms with E-state index in [2.05, 4.69) is 43.2 Å². The molecule has 130 valence electrons. The van der Waals surface area contributed by atoms with Crippen molar-refractivity contribution >= 4 is 11.6 Å². The van der Waals surface area contributed by atoms with Crippen LogP contribution in [0.4, 0.5) is 0 Å². The third kappa shape index (κ3) is 3.82. The second-order valence-electron chi connectivity index (χ2n) is 7.42. The lowest BCUT2D eigenvalue weighted by molar-refractivity contribution is 0.0347. The van der Waals surface area contributed by atoms with Crippen LogP contribution in [0.3, 0.4) is 0 Å². The molecule has 0 aliphatic carbocycles. The summed E-state index contributed by atoms with van der Waals surface area (Å²) in [6.07, 6.45) is 3.67. The maximum Gasteiger partial charge on any atom is 0.208 e. The molecule has 3 rings (SSSR count). The second kappa shape index (κ2) is 6.87. The number of hydrogen-bond donors (Lipinski definition) is 1. The summed E-state index contributed by atoms with van der Waals surface area (Å²) >= 11 is 6.04. The van der Waals surface area contributed by atoms with Crippen LogP contribution in [0, 0.1) is 0 Å². The van der Waals surface area contributed by atoms with Gasteiger partial charge in [0, 0.05) is 29.2 Å². The average molecular weight is 349 g/mol. The average Bonchev–Trinajstić information content (AvgIpc) is 3.04. The van der Waals surface area contributed by atoms with Crippen LogP contribution in [0.1, 0.15) is 50.8 Å². The summed E-state index contributed by atoms with van der Waals surface area (Å²) in [7, 11) is 0. The molecule has 0 saturated carbocycles. The van der Waals surface area contributed by atoms with Crippen LogP contribution in [-0.2, 0) is 22.2 Å². The highest BCUT2D eigenvalue weighted by molar-refractivity contribution is 6.30. The fourth-order valence-electron chi connectivity index (χ4n) is 3.04. The summed E-state index contributed by atoms with van der Waals surface area (Å²) in [6.45, 7) is 8.46. The Morgan fingerprint density at radius 3 is 2.42 bits per heavy atom. The van der Waals surface area contributed by atoms with E-state index in [1.807, 2.05) is 18.3 Å². The van der Waals surface area contributed by atoms with Crippen molar-refractivity contribution in [3.8, 4) is 0 Å². The number of nitrogens with one attached hydrogen (secondary N) is 1. The first-order valence-corrected chi connectivity index (χ1v) is 8.81. The molecule has 1 saturated heterocycles. The largest absolute Gasteiger partial charge is 0.444 e. The lowest BCUT2D eigenvalue weighted by Gasteiger charge is -2.38. The zero-order valence-electron chi connectivity index (χ0n) is 14.6. The van der Waals surface area contributed by atoms with Gasteiger partial charge in [0.2, 0.25) is 5.89 Å². The SMILES string of the molecule is CC(C)(C)c1cnc(CNC2(c3ccc(Cl)cc3)CCOCC2)o1. The molecule has 1 fully saturated rings. The quantitative estimate of drug-likeness (QED) is 0.888. The fraction of sp³-hybridized carbons (Fsp3) is 0.526. The molecule has 1 aliphatic heterocycles. The monoisotopic (exact) mass is 348 g/mol. The van der Waals surface area contributed by atoms with Gasteiger partial charge in [0.05, 0.1) is 12.7 Å². The molecule has 0 spiro atoms. The van der Waals surface area contributed by atoms with Crippen LogP contribution in [-0.4, -0.2) is 18.2 Å². The molecule has 0 radical (unpaired) electrons. The van der Waals surface area contributed by atoms with Gasteiger partial charge < -0.3 is 9.15 Å². The Labute approximate surface area is 148 Å². The molecule has 24 heavy (non-hydrogen) atoms. The molecule has 2 aromatic rings. The van der Waals surface area contributed by atoms with Gasteiger partial charge in [0.25, 0.3) is 0 Å². The third-order valence-electron chi connectivity index (χ3n) is 4.61. The Morgan fingerprint density at radius 2 is 1.83 bits per heavy atom. The summed E-state index contributed by atoms with van der Waals surface area (Å²) in [5.41, 5.74) is 1.08. The molecule has 1 aromatic carbocycles. The van der Waals surface area contributed by atoms with Crippen molar-refractivity contribution in [1.82, 2.24) is 10.3 Å². The molecule has 2 heterocycles. The Kier molecular flexibility index (Phi) is 5.00. The number of benzene rings is 1. The first-order chi connectivity index (χ1) is 11.4. The Morgan fingerprint density at radius 1 is 1.17 bits per heavy atom. The van der Waals surface area contributed by atoms with E-state index in [0.29, 0.717) is 6.54 Å². The van der Waals surface area contributed by atoms with Crippen LogP contribution in [0.5, 0.6) is 0 Å². The highest BCUT2D eigenvalue weighted by Crippen LogP contribution is 2.33. The Hall–Kier alpha value is -1.36. The second-order valence-corrected chi connectivity index (χ2v) is 7.86. The van der Waals surface area contributed by atoms with E-state index in [1.165, 1.54) is 5.56 Å². The van der Waals surface area contributed by atoms with E-state index >= 15 is 0 Å². The molecule has 0 amide bonds. The number of oxazole rings is 1. The highest BCUT2D eigenvalue weighted by Gasteiger charge is 2.34. The van der Waals surface area contributed by atoms with Crippen LogP contribution in [0.2, 0.25) is 5.02 Å². The normalized spacial score (nSPS) is 17.8. The Bertz CT molecular complexity index is 667. The molecular weight excluding hydrogens is 324 g/mol. The van der Waals surface area contributed by atoms with Crippen LogP contribution in [0.15, 0.2) is 34.9 Å². The zero-order valence-corrected chi connectivity index (χ0v) is 15.3. The van der Waals surface area contributed by atoms with Gasteiger partial charge in [0.1, 0.15) is 5.76 Å². The number of aromatic nitrogens is 1. The van der Waals surface area contributed by atoms with Gasteiger partial charge in [-0.1, -0.05) is 44.5 Å². The summed E-state index contributed by atoms with van der Waals surface area (Å²) in [6, 6.07) is 8.07. The van der Waals surface area contributed by atoms with Gasteiger partial charge in [-0.25, -0.2) is 4.98 Å². The number of rotatable bonds is 4. The van der Waals surface area contributed by atoms with Crippen LogP contribution < -0.4 is 5.32 Å². The predicted molar refractivity (Wildman–Crippen MR) is 95.2 cm³/mol.